The van der Waals surface area contributed by atoms with Gasteiger partial charge in [0.1, 0.15) is 11.0 Å². The summed E-state index contributed by atoms with van der Waals surface area (Å²) in [5.41, 5.74) is -0.859. The average molecular weight is 235 g/mol. The van der Waals surface area contributed by atoms with Gasteiger partial charge >= 0.3 is 6.18 Å². The van der Waals surface area contributed by atoms with E-state index in [2.05, 4.69) is 16.2 Å². The molecule has 2 nitrogen and oxygen atoms in total. The lowest BCUT2D eigenvalue weighted by Crippen LogP contribution is -2.08. The van der Waals surface area contributed by atoms with Crippen LogP contribution in [0.3, 0.4) is 0 Å². The second-order valence-electron chi connectivity index (χ2n) is 2.62. The highest BCUT2D eigenvalue weighted by Crippen LogP contribution is 2.31. The number of alkyl halides is 3. The summed E-state index contributed by atoms with van der Waals surface area (Å²) < 4.78 is 36.9. The molecule has 1 N–H and O–H groups in total. The summed E-state index contributed by atoms with van der Waals surface area (Å²) in [4.78, 5) is 3.64. The third kappa shape index (κ3) is 3.33. The maximum absolute atomic E-state index is 12.3. The number of aromatic nitrogens is 1. The van der Waals surface area contributed by atoms with Gasteiger partial charge in [-0.2, -0.15) is 13.2 Å². The number of hydrogen-bond donors (Lipinski definition) is 1. The molecular formula is C9H6ClF3N2. The summed E-state index contributed by atoms with van der Waals surface area (Å²) in [5.74, 6) is 2.23. The van der Waals surface area contributed by atoms with Crippen molar-refractivity contribution < 1.29 is 13.2 Å². The molecule has 0 saturated carbocycles. The first-order chi connectivity index (χ1) is 6.93. The van der Waals surface area contributed by atoms with Crippen molar-refractivity contribution in [3.63, 3.8) is 0 Å². The summed E-state index contributed by atoms with van der Waals surface area (Å²) in [5, 5.41) is 2.28. The molecular weight excluding hydrogens is 229 g/mol. The van der Waals surface area contributed by atoms with Crippen molar-refractivity contribution in [3.05, 3.63) is 22.8 Å². The summed E-state index contributed by atoms with van der Waals surface area (Å²) in [7, 11) is 0. The van der Waals surface area contributed by atoms with E-state index in [1.54, 1.807) is 0 Å². The standard InChI is InChI=1S/C9H6ClF3N2/c1-2-3-14-8-5-6(9(11,12)13)4-7(10)15-8/h1,4-5H,3H2,(H,14,15). The molecule has 0 amide bonds. The third-order valence-corrected chi connectivity index (χ3v) is 1.69. The predicted octanol–water partition coefficient (Wildman–Crippen LogP) is 2.80. The van der Waals surface area contributed by atoms with Crippen molar-refractivity contribution in [1.29, 1.82) is 0 Å². The van der Waals surface area contributed by atoms with Gasteiger partial charge in [0.15, 0.2) is 0 Å². The van der Waals surface area contributed by atoms with E-state index >= 15 is 0 Å². The van der Waals surface area contributed by atoms with Crippen molar-refractivity contribution in [2.45, 2.75) is 6.18 Å². The Morgan fingerprint density at radius 3 is 2.67 bits per heavy atom. The number of hydrogen-bond acceptors (Lipinski definition) is 2. The summed E-state index contributed by atoms with van der Waals surface area (Å²) >= 11 is 5.43. The van der Waals surface area contributed by atoms with Crippen LogP contribution in [0.2, 0.25) is 5.15 Å². The first-order valence-electron chi connectivity index (χ1n) is 3.85. The number of halogens is 4. The van der Waals surface area contributed by atoms with Gasteiger partial charge in [0.2, 0.25) is 0 Å². The number of pyridine rings is 1. The molecule has 0 spiro atoms. The van der Waals surface area contributed by atoms with Crippen LogP contribution in [0.15, 0.2) is 12.1 Å². The SMILES string of the molecule is C#CCNc1cc(C(F)(F)F)cc(Cl)n1. The van der Waals surface area contributed by atoms with E-state index in [1.165, 1.54) is 0 Å². The van der Waals surface area contributed by atoms with E-state index in [0.717, 1.165) is 12.1 Å². The van der Waals surface area contributed by atoms with E-state index in [-0.39, 0.29) is 17.5 Å². The fraction of sp³-hybridized carbons (Fsp3) is 0.222. The lowest BCUT2D eigenvalue weighted by molar-refractivity contribution is -0.137. The monoisotopic (exact) mass is 234 g/mol. The maximum Gasteiger partial charge on any atom is 0.416 e. The van der Waals surface area contributed by atoms with E-state index in [1.807, 2.05) is 0 Å². The van der Waals surface area contributed by atoms with Gasteiger partial charge < -0.3 is 5.32 Å². The number of anilines is 1. The molecule has 0 fully saturated rings. The first kappa shape index (κ1) is 11.7. The van der Waals surface area contributed by atoms with Crippen molar-refractivity contribution in [1.82, 2.24) is 4.98 Å². The van der Waals surface area contributed by atoms with Crippen LogP contribution in [0.25, 0.3) is 0 Å². The number of rotatable bonds is 2. The molecule has 0 radical (unpaired) electrons. The largest absolute Gasteiger partial charge is 0.416 e. The highest BCUT2D eigenvalue weighted by Gasteiger charge is 2.31. The van der Waals surface area contributed by atoms with Gasteiger partial charge in [0, 0.05) is 0 Å². The zero-order chi connectivity index (χ0) is 11.5. The Labute approximate surface area is 89.5 Å². The van der Waals surface area contributed by atoms with E-state index in [9.17, 15) is 13.2 Å². The van der Waals surface area contributed by atoms with Crippen LogP contribution < -0.4 is 5.32 Å². The molecule has 0 atom stereocenters. The van der Waals surface area contributed by atoms with Gasteiger partial charge in [-0.25, -0.2) is 4.98 Å². The van der Waals surface area contributed by atoms with E-state index < -0.39 is 11.7 Å². The minimum atomic E-state index is -4.45. The van der Waals surface area contributed by atoms with Gasteiger partial charge in [0.25, 0.3) is 0 Å². The highest BCUT2D eigenvalue weighted by atomic mass is 35.5. The minimum Gasteiger partial charge on any atom is -0.359 e. The highest BCUT2D eigenvalue weighted by molar-refractivity contribution is 6.29. The summed E-state index contributed by atoms with van der Waals surface area (Å²) in [6.07, 6.45) is 0.497. The summed E-state index contributed by atoms with van der Waals surface area (Å²) in [6, 6.07) is 1.60. The van der Waals surface area contributed by atoms with Crippen LogP contribution in [0.5, 0.6) is 0 Å². The van der Waals surface area contributed by atoms with Crippen LogP contribution in [-0.2, 0) is 6.18 Å². The molecule has 1 heterocycles. The van der Waals surface area contributed by atoms with Gasteiger partial charge in [-0.05, 0) is 12.1 Å². The van der Waals surface area contributed by atoms with Gasteiger partial charge in [0.05, 0.1) is 12.1 Å². The smallest absolute Gasteiger partial charge is 0.359 e. The normalized spacial score (nSPS) is 10.9. The average Bonchev–Trinajstić information content (AvgIpc) is 2.12. The molecule has 1 aromatic rings. The van der Waals surface area contributed by atoms with Crippen molar-refractivity contribution in [2.75, 3.05) is 11.9 Å². The molecule has 0 saturated heterocycles. The van der Waals surface area contributed by atoms with Crippen molar-refractivity contribution in [2.24, 2.45) is 0 Å². The Morgan fingerprint density at radius 2 is 2.13 bits per heavy atom. The van der Waals surface area contributed by atoms with Gasteiger partial charge in [-0.1, -0.05) is 17.5 Å². The molecule has 80 valence electrons. The van der Waals surface area contributed by atoms with E-state index in [4.69, 9.17) is 18.0 Å². The molecule has 0 unspecified atom stereocenters. The Hall–Kier alpha value is -1.41. The molecule has 0 aromatic carbocycles. The van der Waals surface area contributed by atoms with Crippen LogP contribution in [0.1, 0.15) is 5.56 Å². The molecule has 6 heteroatoms. The Kier molecular flexibility index (Phi) is 3.43. The quantitative estimate of drug-likeness (QED) is 0.629. The minimum absolute atomic E-state index is 0.00720. The van der Waals surface area contributed by atoms with Crippen molar-refractivity contribution in [3.8, 4) is 12.3 Å². The zero-order valence-electron chi connectivity index (χ0n) is 7.40. The lowest BCUT2D eigenvalue weighted by atomic mass is 10.2. The first-order valence-corrected chi connectivity index (χ1v) is 4.23. The summed E-state index contributed by atoms with van der Waals surface area (Å²) in [6.45, 7) is 0.0879. The van der Waals surface area contributed by atoms with Crippen LogP contribution in [0, 0.1) is 12.3 Å². The third-order valence-electron chi connectivity index (χ3n) is 1.49. The zero-order valence-corrected chi connectivity index (χ0v) is 8.15. The molecule has 1 aromatic heterocycles. The predicted molar refractivity (Wildman–Crippen MR) is 51.6 cm³/mol. The number of terminal acetylenes is 1. The second kappa shape index (κ2) is 4.41. The second-order valence-corrected chi connectivity index (χ2v) is 3.01. The van der Waals surface area contributed by atoms with E-state index in [0.29, 0.717) is 0 Å². The molecule has 1 rings (SSSR count). The molecule has 0 aliphatic rings. The molecule has 0 aliphatic heterocycles. The van der Waals surface area contributed by atoms with Gasteiger partial charge in [-0.15, -0.1) is 6.42 Å². The van der Waals surface area contributed by atoms with Crippen LogP contribution in [0.4, 0.5) is 19.0 Å². The molecule has 15 heavy (non-hydrogen) atoms. The molecule has 0 bridgehead atoms. The number of nitrogens with zero attached hydrogens (tertiary/aromatic N) is 1. The van der Waals surface area contributed by atoms with Gasteiger partial charge in [-0.3, -0.25) is 0 Å². The fourth-order valence-electron chi connectivity index (χ4n) is 0.893. The maximum atomic E-state index is 12.3. The fourth-order valence-corrected chi connectivity index (χ4v) is 1.10. The van der Waals surface area contributed by atoms with Crippen LogP contribution in [-0.4, -0.2) is 11.5 Å². The lowest BCUT2D eigenvalue weighted by Gasteiger charge is -2.09. The number of nitrogens with one attached hydrogen (secondary N) is 1. The Morgan fingerprint density at radius 1 is 1.47 bits per heavy atom. The van der Waals surface area contributed by atoms with Crippen molar-refractivity contribution >= 4 is 17.4 Å². The topological polar surface area (TPSA) is 24.9 Å². The Balaban J connectivity index is 3.01. The molecule has 0 aliphatic carbocycles. The van der Waals surface area contributed by atoms with Crippen LogP contribution >= 0.6 is 11.6 Å². The Bertz CT molecular complexity index is 395.